The Morgan fingerprint density at radius 3 is 2.83 bits per heavy atom. The fraction of sp³-hybridized carbons (Fsp3) is 0.167. The molecule has 0 aliphatic rings. The molecule has 0 atom stereocenters. The van der Waals surface area contributed by atoms with Gasteiger partial charge in [-0.15, -0.1) is 0 Å². The predicted octanol–water partition coefficient (Wildman–Crippen LogP) is 4.08. The van der Waals surface area contributed by atoms with Gasteiger partial charge in [-0.3, -0.25) is 0 Å². The molecule has 1 N–H and O–H groups in total. The quantitative estimate of drug-likeness (QED) is 0.758. The Morgan fingerprint density at radius 2 is 2.17 bits per heavy atom. The smallest absolute Gasteiger partial charge is 0.161 e. The standard InChI is InChI=1S/C12H10BrFIN3/c1-2-16-12-10(15)6-17-11(18-12)7-3-8(13)5-9(14)4-7/h3-6H,2H2,1H3,(H,16,17,18). The highest BCUT2D eigenvalue weighted by Gasteiger charge is 2.08. The summed E-state index contributed by atoms with van der Waals surface area (Å²) in [7, 11) is 0. The minimum Gasteiger partial charge on any atom is -0.369 e. The summed E-state index contributed by atoms with van der Waals surface area (Å²) < 4.78 is 14.9. The predicted molar refractivity (Wildman–Crippen MR) is 82.0 cm³/mol. The Kier molecular flexibility index (Phi) is 4.50. The molecule has 0 saturated carbocycles. The van der Waals surface area contributed by atoms with Crippen molar-refractivity contribution < 1.29 is 4.39 Å². The fourth-order valence-electron chi connectivity index (χ4n) is 1.48. The molecule has 0 fully saturated rings. The van der Waals surface area contributed by atoms with Gasteiger partial charge in [0.15, 0.2) is 5.82 Å². The van der Waals surface area contributed by atoms with Crippen molar-refractivity contribution in [3.63, 3.8) is 0 Å². The number of rotatable bonds is 3. The number of benzene rings is 1. The van der Waals surface area contributed by atoms with Crippen molar-refractivity contribution in [2.45, 2.75) is 6.92 Å². The summed E-state index contributed by atoms with van der Waals surface area (Å²) in [5.74, 6) is 0.960. The van der Waals surface area contributed by atoms with Gasteiger partial charge >= 0.3 is 0 Å². The molecule has 0 spiro atoms. The SMILES string of the molecule is CCNc1nc(-c2cc(F)cc(Br)c2)ncc1I. The first-order valence-electron chi connectivity index (χ1n) is 5.33. The maximum atomic E-state index is 13.3. The third kappa shape index (κ3) is 3.17. The molecule has 18 heavy (non-hydrogen) atoms. The highest BCUT2D eigenvalue weighted by molar-refractivity contribution is 14.1. The summed E-state index contributed by atoms with van der Waals surface area (Å²) in [6, 6.07) is 4.62. The summed E-state index contributed by atoms with van der Waals surface area (Å²) in [5.41, 5.74) is 0.650. The van der Waals surface area contributed by atoms with E-state index in [1.165, 1.54) is 12.1 Å². The zero-order chi connectivity index (χ0) is 13.1. The molecular formula is C12H10BrFIN3. The second-order valence-electron chi connectivity index (χ2n) is 3.58. The van der Waals surface area contributed by atoms with E-state index in [1.807, 2.05) is 6.92 Å². The van der Waals surface area contributed by atoms with Crippen LogP contribution in [0.15, 0.2) is 28.9 Å². The molecule has 0 bridgehead atoms. The summed E-state index contributed by atoms with van der Waals surface area (Å²) in [6.45, 7) is 2.77. The lowest BCUT2D eigenvalue weighted by molar-refractivity contribution is 0.627. The third-order valence-electron chi connectivity index (χ3n) is 2.21. The van der Waals surface area contributed by atoms with E-state index < -0.39 is 0 Å². The van der Waals surface area contributed by atoms with Crippen LogP contribution in [0.25, 0.3) is 11.4 Å². The number of anilines is 1. The molecule has 94 valence electrons. The second-order valence-corrected chi connectivity index (χ2v) is 5.66. The zero-order valence-electron chi connectivity index (χ0n) is 9.54. The maximum absolute atomic E-state index is 13.3. The highest BCUT2D eigenvalue weighted by atomic mass is 127. The van der Waals surface area contributed by atoms with Gasteiger partial charge in [-0.1, -0.05) is 15.9 Å². The van der Waals surface area contributed by atoms with Gasteiger partial charge < -0.3 is 5.32 Å². The van der Waals surface area contributed by atoms with Crippen molar-refractivity contribution >= 4 is 44.3 Å². The first-order valence-corrected chi connectivity index (χ1v) is 7.20. The summed E-state index contributed by atoms with van der Waals surface area (Å²) in [5, 5.41) is 3.15. The minimum atomic E-state index is -0.313. The molecule has 1 aromatic carbocycles. The van der Waals surface area contributed by atoms with Crippen LogP contribution in [0.1, 0.15) is 6.92 Å². The van der Waals surface area contributed by atoms with Crippen molar-refractivity contribution in [1.29, 1.82) is 0 Å². The van der Waals surface area contributed by atoms with E-state index in [2.05, 4.69) is 53.8 Å². The summed E-state index contributed by atoms with van der Waals surface area (Å²) in [6.07, 6.45) is 1.72. The molecule has 3 nitrogen and oxygen atoms in total. The van der Waals surface area contributed by atoms with E-state index in [0.717, 1.165) is 15.9 Å². The van der Waals surface area contributed by atoms with E-state index in [9.17, 15) is 4.39 Å². The van der Waals surface area contributed by atoms with E-state index in [1.54, 1.807) is 12.3 Å². The van der Waals surface area contributed by atoms with E-state index in [-0.39, 0.29) is 5.82 Å². The molecular weight excluding hydrogens is 412 g/mol. The van der Waals surface area contributed by atoms with Gasteiger partial charge in [0.05, 0.1) is 3.57 Å². The first kappa shape index (κ1) is 13.7. The van der Waals surface area contributed by atoms with Crippen LogP contribution in [0.3, 0.4) is 0 Å². The average molecular weight is 422 g/mol. The van der Waals surface area contributed by atoms with Crippen LogP contribution < -0.4 is 5.32 Å². The van der Waals surface area contributed by atoms with Crippen LogP contribution >= 0.6 is 38.5 Å². The fourth-order valence-corrected chi connectivity index (χ4v) is 2.40. The topological polar surface area (TPSA) is 37.8 Å². The Hall–Kier alpha value is -0.760. The van der Waals surface area contributed by atoms with E-state index in [0.29, 0.717) is 15.9 Å². The first-order chi connectivity index (χ1) is 8.60. The average Bonchev–Trinajstić information content (AvgIpc) is 2.31. The van der Waals surface area contributed by atoms with Gasteiger partial charge in [0, 0.05) is 22.8 Å². The van der Waals surface area contributed by atoms with Crippen LogP contribution in [-0.2, 0) is 0 Å². The lowest BCUT2D eigenvalue weighted by atomic mass is 10.2. The number of hydrogen-bond donors (Lipinski definition) is 1. The van der Waals surface area contributed by atoms with Crippen molar-refractivity contribution in [2.24, 2.45) is 0 Å². The van der Waals surface area contributed by atoms with Crippen molar-refractivity contribution in [2.75, 3.05) is 11.9 Å². The molecule has 1 heterocycles. The normalized spacial score (nSPS) is 10.4. The molecule has 2 aromatic rings. The maximum Gasteiger partial charge on any atom is 0.161 e. The van der Waals surface area contributed by atoms with Crippen molar-refractivity contribution in [1.82, 2.24) is 9.97 Å². The monoisotopic (exact) mass is 421 g/mol. The van der Waals surface area contributed by atoms with Gasteiger partial charge in [-0.05, 0) is 47.7 Å². The van der Waals surface area contributed by atoms with Gasteiger partial charge in [0.1, 0.15) is 11.6 Å². The lowest BCUT2D eigenvalue weighted by Crippen LogP contribution is -2.03. The summed E-state index contributed by atoms with van der Waals surface area (Å²) in [4.78, 5) is 8.62. The van der Waals surface area contributed by atoms with Gasteiger partial charge in [0.25, 0.3) is 0 Å². The van der Waals surface area contributed by atoms with E-state index >= 15 is 0 Å². The van der Waals surface area contributed by atoms with Crippen LogP contribution in [-0.4, -0.2) is 16.5 Å². The molecule has 0 saturated heterocycles. The van der Waals surface area contributed by atoms with Crippen LogP contribution in [0.5, 0.6) is 0 Å². The number of nitrogens with one attached hydrogen (secondary N) is 1. The zero-order valence-corrected chi connectivity index (χ0v) is 13.3. The number of nitrogens with zero attached hydrogens (tertiary/aromatic N) is 2. The number of aromatic nitrogens is 2. The second kappa shape index (κ2) is 5.92. The molecule has 0 radical (unpaired) electrons. The molecule has 0 aliphatic heterocycles. The Balaban J connectivity index is 2.47. The van der Waals surface area contributed by atoms with Crippen molar-refractivity contribution in [3.05, 3.63) is 38.3 Å². The largest absolute Gasteiger partial charge is 0.369 e. The highest BCUT2D eigenvalue weighted by Crippen LogP contribution is 2.24. The number of halogens is 3. The lowest BCUT2D eigenvalue weighted by Gasteiger charge is -2.07. The molecule has 2 rings (SSSR count). The Bertz CT molecular complexity index is 557. The number of hydrogen-bond acceptors (Lipinski definition) is 3. The van der Waals surface area contributed by atoms with Crippen LogP contribution in [0.4, 0.5) is 10.2 Å². The van der Waals surface area contributed by atoms with Crippen LogP contribution in [0.2, 0.25) is 0 Å². The van der Waals surface area contributed by atoms with Gasteiger partial charge in [0.2, 0.25) is 0 Å². The molecule has 0 unspecified atom stereocenters. The van der Waals surface area contributed by atoms with Gasteiger partial charge in [-0.2, -0.15) is 0 Å². The molecule has 0 amide bonds. The third-order valence-corrected chi connectivity index (χ3v) is 3.46. The molecule has 1 aromatic heterocycles. The van der Waals surface area contributed by atoms with Crippen molar-refractivity contribution in [3.8, 4) is 11.4 Å². The van der Waals surface area contributed by atoms with E-state index in [4.69, 9.17) is 0 Å². The minimum absolute atomic E-state index is 0.313. The Labute approximate surface area is 127 Å². The summed E-state index contributed by atoms with van der Waals surface area (Å²) >= 11 is 5.42. The molecule has 6 heteroatoms. The van der Waals surface area contributed by atoms with Gasteiger partial charge in [-0.25, -0.2) is 14.4 Å². The molecule has 0 aliphatic carbocycles. The van der Waals surface area contributed by atoms with Crippen LogP contribution in [0, 0.1) is 9.39 Å². The Morgan fingerprint density at radius 1 is 1.39 bits per heavy atom.